The van der Waals surface area contributed by atoms with Gasteiger partial charge in [0.15, 0.2) is 0 Å². The molecule has 26 heavy (non-hydrogen) atoms. The van der Waals surface area contributed by atoms with Gasteiger partial charge >= 0.3 is 6.18 Å². The van der Waals surface area contributed by atoms with Gasteiger partial charge in [0.2, 0.25) is 0 Å². The molecular weight excluding hydrogens is 341 g/mol. The highest BCUT2D eigenvalue weighted by Crippen LogP contribution is 2.32. The molecule has 0 saturated heterocycles. The SMILES string of the molecule is CCC(C)(C)NC(=O)c1ccc(NCc2ccccc2C(F)(F)F)cc1. The van der Waals surface area contributed by atoms with E-state index >= 15 is 0 Å². The fraction of sp³-hybridized carbons (Fsp3) is 0.350. The zero-order chi connectivity index (χ0) is 19.4. The number of anilines is 1. The number of hydrogen-bond acceptors (Lipinski definition) is 2. The summed E-state index contributed by atoms with van der Waals surface area (Å²) in [5.74, 6) is -0.175. The number of alkyl halides is 3. The molecule has 0 aliphatic carbocycles. The molecule has 0 unspecified atom stereocenters. The first kappa shape index (κ1) is 19.8. The zero-order valence-electron chi connectivity index (χ0n) is 15.1. The van der Waals surface area contributed by atoms with Crippen LogP contribution in [0.25, 0.3) is 0 Å². The largest absolute Gasteiger partial charge is 0.416 e. The fourth-order valence-electron chi connectivity index (χ4n) is 2.36. The first-order valence-corrected chi connectivity index (χ1v) is 8.44. The van der Waals surface area contributed by atoms with Crippen LogP contribution in [0.2, 0.25) is 0 Å². The topological polar surface area (TPSA) is 41.1 Å². The van der Waals surface area contributed by atoms with Crippen LogP contribution in [-0.2, 0) is 12.7 Å². The van der Waals surface area contributed by atoms with Gasteiger partial charge in [0.1, 0.15) is 0 Å². The maximum atomic E-state index is 13.0. The van der Waals surface area contributed by atoms with E-state index in [0.717, 1.165) is 12.5 Å². The van der Waals surface area contributed by atoms with E-state index in [9.17, 15) is 18.0 Å². The minimum atomic E-state index is -4.38. The minimum Gasteiger partial charge on any atom is -0.381 e. The molecule has 2 N–H and O–H groups in total. The Balaban J connectivity index is 2.04. The molecule has 0 aliphatic heterocycles. The summed E-state index contributed by atoms with van der Waals surface area (Å²) >= 11 is 0. The molecule has 2 aromatic rings. The predicted molar refractivity (Wildman–Crippen MR) is 97.0 cm³/mol. The Morgan fingerprint density at radius 1 is 1.00 bits per heavy atom. The number of carbonyl (C=O) groups excluding carboxylic acids is 1. The van der Waals surface area contributed by atoms with Crippen LogP contribution in [0.4, 0.5) is 18.9 Å². The van der Waals surface area contributed by atoms with E-state index in [1.165, 1.54) is 12.1 Å². The van der Waals surface area contributed by atoms with E-state index in [1.807, 2.05) is 20.8 Å². The molecule has 0 spiro atoms. The molecule has 0 aromatic heterocycles. The standard InChI is InChI=1S/C20H23F3N2O/c1-4-19(2,3)25-18(26)14-9-11-16(12-10-14)24-13-15-7-5-6-8-17(15)20(21,22)23/h5-12,24H,4,13H2,1-3H3,(H,25,26). The van der Waals surface area contributed by atoms with Crippen molar-refractivity contribution < 1.29 is 18.0 Å². The second kappa shape index (κ2) is 7.81. The molecule has 3 nitrogen and oxygen atoms in total. The summed E-state index contributed by atoms with van der Waals surface area (Å²) in [5, 5.41) is 5.91. The average Bonchev–Trinajstić information content (AvgIpc) is 2.59. The van der Waals surface area contributed by atoms with Crippen LogP contribution >= 0.6 is 0 Å². The number of hydrogen-bond donors (Lipinski definition) is 2. The van der Waals surface area contributed by atoms with E-state index in [2.05, 4.69) is 10.6 Å². The number of benzene rings is 2. The van der Waals surface area contributed by atoms with Crippen molar-refractivity contribution in [3.63, 3.8) is 0 Å². The highest BCUT2D eigenvalue weighted by Gasteiger charge is 2.32. The lowest BCUT2D eigenvalue weighted by Gasteiger charge is -2.24. The smallest absolute Gasteiger partial charge is 0.381 e. The maximum Gasteiger partial charge on any atom is 0.416 e. The molecule has 2 aromatic carbocycles. The van der Waals surface area contributed by atoms with E-state index in [-0.39, 0.29) is 23.6 Å². The van der Waals surface area contributed by atoms with Gasteiger partial charge in [-0.15, -0.1) is 0 Å². The van der Waals surface area contributed by atoms with Gasteiger partial charge in [-0.1, -0.05) is 25.1 Å². The van der Waals surface area contributed by atoms with Crippen molar-refractivity contribution in [2.24, 2.45) is 0 Å². The number of nitrogens with one attached hydrogen (secondary N) is 2. The minimum absolute atomic E-state index is 0.0457. The van der Waals surface area contributed by atoms with Gasteiger partial charge in [-0.05, 0) is 56.2 Å². The molecule has 0 heterocycles. The molecule has 6 heteroatoms. The van der Waals surface area contributed by atoms with Gasteiger partial charge in [0.25, 0.3) is 5.91 Å². The lowest BCUT2D eigenvalue weighted by Crippen LogP contribution is -2.42. The summed E-state index contributed by atoms with van der Waals surface area (Å²) in [6, 6.07) is 12.1. The van der Waals surface area contributed by atoms with E-state index in [1.54, 1.807) is 30.3 Å². The van der Waals surface area contributed by atoms with Crippen LogP contribution in [0.5, 0.6) is 0 Å². The molecule has 0 saturated carbocycles. The van der Waals surface area contributed by atoms with Crippen molar-refractivity contribution in [2.75, 3.05) is 5.32 Å². The molecule has 0 aliphatic rings. The van der Waals surface area contributed by atoms with Crippen molar-refractivity contribution in [3.8, 4) is 0 Å². The molecule has 0 atom stereocenters. The van der Waals surface area contributed by atoms with Crippen molar-refractivity contribution in [1.29, 1.82) is 0 Å². The monoisotopic (exact) mass is 364 g/mol. The highest BCUT2D eigenvalue weighted by molar-refractivity contribution is 5.95. The number of carbonyl (C=O) groups is 1. The molecule has 0 radical (unpaired) electrons. The summed E-state index contributed by atoms with van der Waals surface area (Å²) in [4.78, 5) is 12.2. The highest BCUT2D eigenvalue weighted by atomic mass is 19.4. The fourth-order valence-corrected chi connectivity index (χ4v) is 2.36. The lowest BCUT2D eigenvalue weighted by atomic mass is 10.0. The third-order valence-corrected chi connectivity index (χ3v) is 4.29. The Morgan fingerprint density at radius 3 is 2.19 bits per heavy atom. The molecular formula is C20H23F3N2O. The summed E-state index contributed by atoms with van der Waals surface area (Å²) < 4.78 is 39.0. The Kier molecular flexibility index (Phi) is 5.95. The van der Waals surface area contributed by atoms with Crippen LogP contribution in [-0.4, -0.2) is 11.4 Å². The summed E-state index contributed by atoms with van der Waals surface area (Å²) in [6.07, 6.45) is -3.58. The molecule has 140 valence electrons. The van der Waals surface area contributed by atoms with Crippen molar-refractivity contribution in [3.05, 3.63) is 65.2 Å². The van der Waals surface area contributed by atoms with Gasteiger partial charge in [-0.3, -0.25) is 4.79 Å². The number of rotatable bonds is 6. The van der Waals surface area contributed by atoms with Crippen LogP contribution in [0.1, 0.15) is 48.7 Å². The normalized spacial score (nSPS) is 11.9. The summed E-state index contributed by atoms with van der Waals surface area (Å²) in [6.45, 7) is 5.92. The number of amides is 1. The van der Waals surface area contributed by atoms with Gasteiger partial charge in [-0.25, -0.2) is 0 Å². The Morgan fingerprint density at radius 2 is 1.62 bits per heavy atom. The van der Waals surface area contributed by atoms with Crippen molar-refractivity contribution in [1.82, 2.24) is 5.32 Å². The van der Waals surface area contributed by atoms with E-state index in [4.69, 9.17) is 0 Å². The van der Waals surface area contributed by atoms with Crippen LogP contribution in [0.3, 0.4) is 0 Å². The molecule has 2 rings (SSSR count). The van der Waals surface area contributed by atoms with Crippen molar-refractivity contribution >= 4 is 11.6 Å². The average molecular weight is 364 g/mol. The molecule has 1 amide bonds. The van der Waals surface area contributed by atoms with Gasteiger partial charge in [-0.2, -0.15) is 13.2 Å². The van der Waals surface area contributed by atoms with Gasteiger partial charge in [0, 0.05) is 23.3 Å². The molecule has 0 fully saturated rings. The second-order valence-corrected chi connectivity index (χ2v) is 6.78. The Labute approximate surface area is 151 Å². The van der Waals surface area contributed by atoms with E-state index in [0.29, 0.717) is 11.3 Å². The lowest BCUT2D eigenvalue weighted by molar-refractivity contribution is -0.138. The number of halogens is 3. The Bertz CT molecular complexity index is 752. The van der Waals surface area contributed by atoms with E-state index < -0.39 is 11.7 Å². The third kappa shape index (κ3) is 5.25. The van der Waals surface area contributed by atoms with Crippen LogP contribution in [0, 0.1) is 0 Å². The van der Waals surface area contributed by atoms with Crippen molar-refractivity contribution in [2.45, 2.75) is 45.5 Å². The Hall–Kier alpha value is -2.50. The third-order valence-electron chi connectivity index (χ3n) is 4.29. The van der Waals surface area contributed by atoms with Gasteiger partial charge < -0.3 is 10.6 Å². The first-order valence-electron chi connectivity index (χ1n) is 8.44. The summed E-state index contributed by atoms with van der Waals surface area (Å²) in [5.41, 5.74) is 0.382. The zero-order valence-corrected chi connectivity index (χ0v) is 15.1. The maximum absolute atomic E-state index is 13.0. The molecule has 0 bridgehead atoms. The summed E-state index contributed by atoms with van der Waals surface area (Å²) in [7, 11) is 0. The predicted octanol–water partition coefficient (Wildman–Crippen LogP) is 5.24. The first-order chi connectivity index (χ1) is 12.1. The van der Waals surface area contributed by atoms with Gasteiger partial charge in [0.05, 0.1) is 5.56 Å². The quantitative estimate of drug-likeness (QED) is 0.736. The second-order valence-electron chi connectivity index (χ2n) is 6.78. The van der Waals surface area contributed by atoms with Crippen LogP contribution < -0.4 is 10.6 Å². The van der Waals surface area contributed by atoms with Crippen LogP contribution in [0.15, 0.2) is 48.5 Å².